The van der Waals surface area contributed by atoms with Gasteiger partial charge in [0.05, 0.1) is 11.9 Å². The van der Waals surface area contributed by atoms with Gasteiger partial charge in [-0.05, 0) is 29.2 Å². The van der Waals surface area contributed by atoms with E-state index in [1.54, 1.807) is 12.1 Å². The first-order chi connectivity index (χ1) is 10.1. The van der Waals surface area contributed by atoms with Crippen LogP contribution in [0.2, 0.25) is 0 Å². The molecule has 2 aromatic carbocycles. The van der Waals surface area contributed by atoms with Crippen LogP contribution in [0.1, 0.15) is 30.9 Å². The highest BCUT2D eigenvalue weighted by molar-refractivity contribution is 5.76. The monoisotopic (exact) mass is 279 g/mol. The molecule has 0 aliphatic heterocycles. The predicted molar refractivity (Wildman–Crippen MR) is 83.4 cm³/mol. The summed E-state index contributed by atoms with van der Waals surface area (Å²) in [5.41, 5.74) is 2.87. The van der Waals surface area contributed by atoms with E-state index >= 15 is 0 Å². The fourth-order valence-corrected chi connectivity index (χ4v) is 2.31. The van der Waals surface area contributed by atoms with Gasteiger partial charge in [-0.3, -0.25) is 4.79 Å². The lowest BCUT2D eigenvalue weighted by molar-refractivity contribution is 0.600. The number of hydrogen-bond donors (Lipinski definition) is 0. The summed E-state index contributed by atoms with van der Waals surface area (Å²) in [7, 11) is 0. The van der Waals surface area contributed by atoms with Crippen LogP contribution < -0.4 is 5.56 Å². The average Bonchev–Trinajstić information content (AvgIpc) is 2.51. The van der Waals surface area contributed by atoms with E-state index in [1.807, 2.05) is 24.3 Å². The fourth-order valence-electron chi connectivity index (χ4n) is 2.31. The van der Waals surface area contributed by atoms with E-state index in [2.05, 4.69) is 36.3 Å². The van der Waals surface area contributed by atoms with Crippen LogP contribution >= 0.6 is 0 Å². The molecular formula is C17H17N3O. The zero-order chi connectivity index (χ0) is 14.8. The van der Waals surface area contributed by atoms with E-state index in [-0.39, 0.29) is 5.56 Å². The Balaban J connectivity index is 1.94. The highest BCUT2D eigenvalue weighted by atomic mass is 16.1. The minimum absolute atomic E-state index is 0.103. The van der Waals surface area contributed by atoms with E-state index in [4.69, 9.17) is 0 Å². The van der Waals surface area contributed by atoms with Crippen LogP contribution in [0.4, 0.5) is 0 Å². The Morgan fingerprint density at radius 3 is 2.48 bits per heavy atom. The van der Waals surface area contributed by atoms with E-state index in [9.17, 15) is 4.79 Å². The summed E-state index contributed by atoms with van der Waals surface area (Å²) in [5, 5.41) is 8.71. The largest absolute Gasteiger partial charge is 0.277 e. The maximum Gasteiger partial charge on any atom is 0.277 e. The third-order valence-corrected chi connectivity index (χ3v) is 3.61. The molecule has 106 valence electrons. The summed E-state index contributed by atoms with van der Waals surface area (Å²) in [4.78, 5) is 12.4. The molecular weight excluding hydrogens is 262 g/mol. The summed E-state index contributed by atoms with van der Waals surface area (Å²) in [6, 6.07) is 15.5. The molecule has 1 aromatic heterocycles. The molecule has 1 heterocycles. The molecule has 0 spiro atoms. The molecule has 0 saturated heterocycles. The molecule has 0 fully saturated rings. The van der Waals surface area contributed by atoms with Gasteiger partial charge in [0.25, 0.3) is 5.56 Å². The smallest absolute Gasteiger partial charge is 0.267 e. The molecule has 0 N–H and O–H groups in total. The standard InChI is InChI=1S/C17H17N3O/c1-12(2)14-9-7-13(8-10-14)11-20-17(21)15-5-3-4-6-16(15)18-19-20/h3-10,12H,11H2,1-2H3. The van der Waals surface area contributed by atoms with Crippen molar-refractivity contribution in [2.75, 3.05) is 0 Å². The Bertz CT molecular complexity index is 819. The third-order valence-electron chi connectivity index (χ3n) is 3.61. The zero-order valence-electron chi connectivity index (χ0n) is 12.2. The van der Waals surface area contributed by atoms with Crippen molar-refractivity contribution >= 4 is 10.9 Å². The average molecular weight is 279 g/mol. The van der Waals surface area contributed by atoms with Gasteiger partial charge in [-0.2, -0.15) is 0 Å². The van der Waals surface area contributed by atoms with Crippen LogP contribution in [0.15, 0.2) is 53.3 Å². The maximum absolute atomic E-state index is 12.4. The van der Waals surface area contributed by atoms with Crippen LogP contribution in [0.5, 0.6) is 0 Å². The van der Waals surface area contributed by atoms with E-state index < -0.39 is 0 Å². The molecule has 0 atom stereocenters. The predicted octanol–water partition coefficient (Wildman–Crippen LogP) is 2.96. The molecule has 0 aliphatic carbocycles. The quantitative estimate of drug-likeness (QED) is 0.740. The normalized spacial score (nSPS) is 11.2. The van der Waals surface area contributed by atoms with Crippen molar-refractivity contribution in [2.24, 2.45) is 0 Å². The van der Waals surface area contributed by atoms with Crippen LogP contribution in [0.25, 0.3) is 10.9 Å². The summed E-state index contributed by atoms with van der Waals surface area (Å²) in [6.07, 6.45) is 0. The topological polar surface area (TPSA) is 47.8 Å². The van der Waals surface area contributed by atoms with Gasteiger partial charge in [0.1, 0.15) is 5.52 Å². The number of rotatable bonds is 3. The van der Waals surface area contributed by atoms with Crippen LogP contribution in [-0.4, -0.2) is 15.0 Å². The molecule has 4 nitrogen and oxygen atoms in total. The molecule has 0 aliphatic rings. The first kappa shape index (κ1) is 13.5. The first-order valence-electron chi connectivity index (χ1n) is 7.06. The van der Waals surface area contributed by atoms with Gasteiger partial charge in [-0.1, -0.05) is 55.5 Å². The van der Waals surface area contributed by atoms with Crippen molar-refractivity contribution in [3.05, 3.63) is 70.0 Å². The SMILES string of the molecule is CC(C)c1ccc(Cn2nnc3ccccc3c2=O)cc1. The molecule has 0 unspecified atom stereocenters. The molecule has 21 heavy (non-hydrogen) atoms. The lowest BCUT2D eigenvalue weighted by Gasteiger charge is -2.08. The van der Waals surface area contributed by atoms with Crippen molar-refractivity contribution in [2.45, 2.75) is 26.3 Å². The van der Waals surface area contributed by atoms with Crippen molar-refractivity contribution in [3.8, 4) is 0 Å². The molecule has 4 heteroatoms. The van der Waals surface area contributed by atoms with Gasteiger partial charge in [-0.15, -0.1) is 5.10 Å². The number of benzene rings is 2. The second-order valence-corrected chi connectivity index (χ2v) is 5.47. The highest BCUT2D eigenvalue weighted by Crippen LogP contribution is 2.15. The molecule has 0 bridgehead atoms. The lowest BCUT2D eigenvalue weighted by atomic mass is 10.0. The van der Waals surface area contributed by atoms with Crippen LogP contribution in [-0.2, 0) is 6.54 Å². The number of nitrogens with zero attached hydrogens (tertiary/aromatic N) is 3. The van der Waals surface area contributed by atoms with Gasteiger partial charge >= 0.3 is 0 Å². The van der Waals surface area contributed by atoms with Crippen LogP contribution in [0.3, 0.4) is 0 Å². The minimum atomic E-state index is -0.103. The van der Waals surface area contributed by atoms with Crippen molar-refractivity contribution < 1.29 is 0 Å². The Morgan fingerprint density at radius 1 is 1.05 bits per heavy atom. The first-order valence-corrected chi connectivity index (χ1v) is 7.06. The van der Waals surface area contributed by atoms with Gasteiger partial charge in [-0.25, -0.2) is 4.68 Å². The Kier molecular flexibility index (Phi) is 3.52. The molecule has 3 aromatic rings. The minimum Gasteiger partial charge on any atom is -0.267 e. The number of fused-ring (bicyclic) bond motifs is 1. The van der Waals surface area contributed by atoms with Crippen molar-refractivity contribution in [1.29, 1.82) is 0 Å². The summed E-state index contributed by atoms with van der Waals surface area (Å²) < 4.78 is 1.41. The lowest BCUT2D eigenvalue weighted by Crippen LogP contribution is -2.24. The second kappa shape index (κ2) is 5.48. The van der Waals surface area contributed by atoms with Gasteiger partial charge < -0.3 is 0 Å². The van der Waals surface area contributed by atoms with Gasteiger partial charge in [0.15, 0.2) is 0 Å². The Hall–Kier alpha value is -2.49. The zero-order valence-corrected chi connectivity index (χ0v) is 12.2. The summed E-state index contributed by atoms with van der Waals surface area (Å²) in [5.74, 6) is 0.502. The van der Waals surface area contributed by atoms with E-state index in [0.29, 0.717) is 23.4 Å². The number of aromatic nitrogens is 3. The molecule has 0 amide bonds. The van der Waals surface area contributed by atoms with E-state index in [0.717, 1.165) is 5.56 Å². The summed E-state index contributed by atoms with van der Waals surface area (Å²) >= 11 is 0. The van der Waals surface area contributed by atoms with Crippen molar-refractivity contribution in [1.82, 2.24) is 15.0 Å². The highest BCUT2D eigenvalue weighted by Gasteiger charge is 2.06. The van der Waals surface area contributed by atoms with E-state index in [1.165, 1.54) is 10.2 Å². The molecule has 3 rings (SSSR count). The van der Waals surface area contributed by atoms with Crippen molar-refractivity contribution in [3.63, 3.8) is 0 Å². The van der Waals surface area contributed by atoms with Gasteiger partial charge in [0.2, 0.25) is 0 Å². The second-order valence-electron chi connectivity index (χ2n) is 5.47. The van der Waals surface area contributed by atoms with Gasteiger partial charge in [0, 0.05) is 0 Å². The van der Waals surface area contributed by atoms with Crippen LogP contribution in [0, 0.1) is 0 Å². The fraction of sp³-hybridized carbons (Fsp3) is 0.235. The third kappa shape index (κ3) is 2.70. The Morgan fingerprint density at radius 2 is 1.76 bits per heavy atom. The molecule has 0 radical (unpaired) electrons. The molecule has 0 saturated carbocycles. The number of hydrogen-bond acceptors (Lipinski definition) is 3. The Labute approximate surface area is 123 Å². The maximum atomic E-state index is 12.4. The summed E-state index contributed by atoms with van der Waals surface area (Å²) in [6.45, 7) is 4.76.